The van der Waals surface area contributed by atoms with Gasteiger partial charge in [-0.15, -0.1) is 0 Å². The van der Waals surface area contributed by atoms with Gasteiger partial charge in [-0.25, -0.2) is 13.2 Å². The Morgan fingerprint density at radius 1 is 1.38 bits per heavy atom. The van der Waals surface area contributed by atoms with Gasteiger partial charge in [0.1, 0.15) is 0 Å². The van der Waals surface area contributed by atoms with Crippen LogP contribution < -0.4 is 0 Å². The number of rotatable bonds is 1. The molecule has 0 aliphatic heterocycles. The Bertz CT molecular complexity index is 342. The van der Waals surface area contributed by atoms with Gasteiger partial charge in [-0.1, -0.05) is 0 Å². The van der Waals surface area contributed by atoms with E-state index in [0.717, 1.165) is 0 Å². The number of allylic oxidation sites excluding steroid dienone is 4. The summed E-state index contributed by atoms with van der Waals surface area (Å²) in [6.45, 7) is 0. The second-order valence-corrected chi connectivity index (χ2v) is 2.25. The molecule has 70 valence electrons. The zero-order valence-electron chi connectivity index (χ0n) is 5.98. The Kier molecular flexibility index (Phi) is 2.31. The van der Waals surface area contributed by atoms with Crippen LogP contribution in [0.2, 0.25) is 0 Å². The fourth-order valence-corrected chi connectivity index (χ4v) is 0.790. The first-order chi connectivity index (χ1) is 5.95. The summed E-state index contributed by atoms with van der Waals surface area (Å²) in [6, 6.07) is -2.32. The lowest BCUT2D eigenvalue weighted by Gasteiger charge is -2.09. The fourth-order valence-electron chi connectivity index (χ4n) is 0.790. The molecule has 1 atom stereocenters. The summed E-state index contributed by atoms with van der Waals surface area (Å²) in [4.78, 5) is 20.3. The molecule has 1 aliphatic rings. The highest BCUT2D eigenvalue weighted by atomic mass is 19.2. The maximum absolute atomic E-state index is 12.5. The van der Waals surface area contributed by atoms with E-state index in [0.29, 0.717) is 0 Å². The van der Waals surface area contributed by atoms with Crippen LogP contribution in [-0.2, 0) is 9.59 Å². The molecule has 13 heavy (non-hydrogen) atoms. The second kappa shape index (κ2) is 3.12. The normalized spacial score (nSPS) is 23.2. The van der Waals surface area contributed by atoms with Gasteiger partial charge in [0.05, 0.1) is 5.57 Å². The van der Waals surface area contributed by atoms with Crippen LogP contribution in [0.1, 0.15) is 0 Å². The van der Waals surface area contributed by atoms with Crippen molar-refractivity contribution in [3.63, 3.8) is 0 Å². The highest BCUT2D eigenvalue weighted by Crippen LogP contribution is 2.26. The minimum absolute atomic E-state index is 0.0378. The number of alkyl halides is 1. The summed E-state index contributed by atoms with van der Waals surface area (Å²) in [5.41, 5.74) is -1.38. The molecule has 0 radical (unpaired) electrons. The fraction of sp³-hybridized carbons (Fsp3) is 0.143. The maximum Gasteiger partial charge on any atom is 0.334 e. The number of hydrogen-bond donors (Lipinski definition) is 0. The standard InChI is InChI=1S/C7H2F4O2/c8-3-1-2(7(11)13)4(9)5(10)6(3)12/h1,5H/t5-/m0/s1. The van der Waals surface area contributed by atoms with Crippen LogP contribution in [0.3, 0.4) is 0 Å². The summed E-state index contributed by atoms with van der Waals surface area (Å²) in [5, 5.41) is 0. The molecule has 0 unspecified atom stereocenters. The van der Waals surface area contributed by atoms with Gasteiger partial charge < -0.3 is 0 Å². The third-order valence-electron chi connectivity index (χ3n) is 1.43. The summed E-state index contributed by atoms with van der Waals surface area (Å²) < 4.78 is 49.2. The van der Waals surface area contributed by atoms with Crippen LogP contribution in [0, 0.1) is 0 Å². The van der Waals surface area contributed by atoms with E-state index in [4.69, 9.17) is 0 Å². The molecule has 6 heteroatoms. The molecular formula is C7H2F4O2. The predicted molar refractivity (Wildman–Crippen MR) is 33.3 cm³/mol. The van der Waals surface area contributed by atoms with Gasteiger partial charge in [0.2, 0.25) is 12.0 Å². The van der Waals surface area contributed by atoms with Crippen molar-refractivity contribution in [2.45, 2.75) is 6.17 Å². The van der Waals surface area contributed by atoms with Crippen molar-refractivity contribution in [1.82, 2.24) is 0 Å². The van der Waals surface area contributed by atoms with Crippen molar-refractivity contribution in [1.29, 1.82) is 0 Å². The van der Waals surface area contributed by atoms with Gasteiger partial charge in [0, 0.05) is 0 Å². The second-order valence-electron chi connectivity index (χ2n) is 2.25. The molecule has 0 amide bonds. The van der Waals surface area contributed by atoms with Gasteiger partial charge in [0.25, 0.3) is 0 Å². The molecule has 0 heterocycles. The number of halogens is 4. The van der Waals surface area contributed by atoms with Crippen molar-refractivity contribution in [2.75, 3.05) is 0 Å². The molecule has 0 aromatic rings. The van der Waals surface area contributed by atoms with Gasteiger partial charge in [-0.2, -0.15) is 4.39 Å². The van der Waals surface area contributed by atoms with Crippen LogP contribution >= 0.6 is 0 Å². The molecule has 0 spiro atoms. The van der Waals surface area contributed by atoms with Gasteiger partial charge >= 0.3 is 6.04 Å². The van der Waals surface area contributed by atoms with Crippen LogP contribution in [-0.4, -0.2) is 18.0 Å². The SMILES string of the molecule is O=C(F)C1=C(F)[C@H](F)C(=O)C(F)=C1. The lowest BCUT2D eigenvalue weighted by molar-refractivity contribution is -0.125. The van der Waals surface area contributed by atoms with Crippen LogP contribution in [0.15, 0.2) is 23.3 Å². The number of carbonyl (C=O) groups is 2. The molecule has 1 rings (SSSR count). The van der Waals surface area contributed by atoms with Crippen LogP contribution in [0.25, 0.3) is 0 Å². The number of hydrogen-bond acceptors (Lipinski definition) is 2. The predicted octanol–water partition coefficient (Wildman–Crippen LogP) is 1.48. The minimum atomic E-state index is -2.92. The summed E-state index contributed by atoms with van der Waals surface area (Å²) in [6.07, 6.45) is -2.88. The topological polar surface area (TPSA) is 34.1 Å². The largest absolute Gasteiger partial charge is 0.334 e. The zero-order valence-corrected chi connectivity index (χ0v) is 5.98. The van der Waals surface area contributed by atoms with E-state index in [1.807, 2.05) is 0 Å². The smallest absolute Gasteiger partial charge is 0.288 e. The van der Waals surface area contributed by atoms with Crippen molar-refractivity contribution in [3.8, 4) is 0 Å². The van der Waals surface area contributed by atoms with E-state index in [1.165, 1.54) is 0 Å². The maximum atomic E-state index is 12.5. The molecule has 0 aromatic carbocycles. The summed E-state index contributed by atoms with van der Waals surface area (Å²) in [7, 11) is 0. The van der Waals surface area contributed by atoms with Crippen molar-refractivity contribution in [2.24, 2.45) is 0 Å². The van der Waals surface area contributed by atoms with E-state index in [1.54, 1.807) is 0 Å². The quantitative estimate of drug-likeness (QED) is 0.468. The first kappa shape index (κ1) is 9.63. The highest BCUT2D eigenvalue weighted by molar-refractivity contribution is 6.05. The molecular weight excluding hydrogens is 192 g/mol. The van der Waals surface area contributed by atoms with E-state index >= 15 is 0 Å². The first-order valence-corrected chi connectivity index (χ1v) is 3.10. The molecule has 0 aromatic heterocycles. The Labute approximate surface area is 69.5 Å². The van der Waals surface area contributed by atoms with Crippen LogP contribution in [0.5, 0.6) is 0 Å². The minimum Gasteiger partial charge on any atom is -0.288 e. The Morgan fingerprint density at radius 3 is 2.38 bits per heavy atom. The molecule has 0 fully saturated rings. The molecule has 0 saturated carbocycles. The Hall–Kier alpha value is -1.46. The van der Waals surface area contributed by atoms with E-state index in [9.17, 15) is 27.2 Å². The van der Waals surface area contributed by atoms with E-state index < -0.39 is 35.2 Å². The van der Waals surface area contributed by atoms with Gasteiger partial charge in [-0.05, 0) is 6.08 Å². The average Bonchev–Trinajstić information content (AvgIpc) is 2.07. The monoisotopic (exact) mass is 194 g/mol. The average molecular weight is 194 g/mol. The lowest BCUT2D eigenvalue weighted by Crippen LogP contribution is -2.23. The van der Waals surface area contributed by atoms with Gasteiger partial charge in [0.15, 0.2) is 11.7 Å². The summed E-state index contributed by atoms with van der Waals surface area (Å²) in [5.74, 6) is -5.31. The first-order valence-electron chi connectivity index (χ1n) is 3.10. The number of Topliss-reactive ketones (excluding diaryl/α,β-unsaturated/α-hetero) is 1. The van der Waals surface area contributed by atoms with Crippen molar-refractivity contribution < 1.29 is 27.2 Å². The van der Waals surface area contributed by atoms with E-state index in [2.05, 4.69) is 0 Å². The lowest BCUT2D eigenvalue weighted by atomic mass is 10.0. The molecule has 0 saturated heterocycles. The Balaban J connectivity index is 3.23. The van der Waals surface area contributed by atoms with Crippen LogP contribution in [0.4, 0.5) is 17.6 Å². The molecule has 0 N–H and O–H groups in total. The number of carbonyl (C=O) groups excluding carboxylic acids is 2. The van der Waals surface area contributed by atoms with E-state index in [-0.39, 0.29) is 6.08 Å². The number of ketones is 1. The zero-order chi connectivity index (χ0) is 10.2. The highest BCUT2D eigenvalue weighted by Gasteiger charge is 2.35. The third kappa shape index (κ3) is 1.51. The molecule has 2 nitrogen and oxygen atoms in total. The van der Waals surface area contributed by atoms with Crippen molar-refractivity contribution >= 4 is 11.8 Å². The summed E-state index contributed by atoms with van der Waals surface area (Å²) >= 11 is 0. The third-order valence-corrected chi connectivity index (χ3v) is 1.43. The van der Waals surface area contributed by atoms with Gasteiger partial charge in [-0.3, -0.25) is 9.59 Å². The van der Waals surface area contributed by atoms with Crippen molar-refractivity contribution in [3.05, 3.63) is 23.3 Å². The molecule has 0 bridgehead atoms. The Morgan fingerprint density at radius 2 is 1.92 bits per heavy atom. The molecule has 1 aliphatic carbocycles.